The number of ether oxygens (including phenoxy) is 1. The number of carboxylic acids is 2. The molecule has 14 nitrogen and oxygen atoms in total. The molecule has 0 aliphatic carbocycles. The number of aliphatic carboxylic acids is 2. The molecule has 3 saturated heterocycles. The summed E-state index contributed by atoms with van der Waals surface area (Å²) in [5, 5.41) is 33.2. The molecule has 1 atom stereocenters. The van der Waals surface area contributed by atoms with Crippen LogP contribution < -0.4 is 10.2 Å². The summed E-state index contributed by atoms with van der Waals surface area (Å²) in [6.07, 6.45) is 1.15. The number of carbonyl (C=O) groups excluding carboxylic acids is 3. The Labute approximate surface area is 303 Å². The van der Waals surface area contributed by atoms with Crippen LogP contribution in [0.4, 0.5) is 15.3 Å². The fourth-order valence-corrected chi connectivity index (χ4v) is 8.37. The van der Waals surface area contributed by atoms with Gasteiger partial charge < -0.3 is 40.1 Å². The van der Waals surface area contributed by atoms with Crippen molar-refractivity contribution in [2.75, 3.05) is 51.1 Å². The van der Waals surface area contributed by atoms with E-state index in [1.165, 1.54) is 0 Å². The molecule has 0 spiro atoms. The predicted molar refractivity (Wildman–Crippen MR) is 190 cm³/mol. The third kappa shape index (κ3) is 7.67. The highest BCUT2D eigenvalue weighted by Crippen LogP contribution is 2.33. The summed E-state index contributed by atoms with van der Waals surface area (Å²) < 4.78 is 5.99. The Morgan fingerprint density at radius 1 is 0.923 bits per heavy atom. The van der Waals surface area contributed by atoms with Gasteiger partial charge in [-0.05, 0) is 61.4 Å². The Bertz CT molecular complexity index is 1670. The van der Waals surface area contributed by atoms with E-state index in [4.69, 9.17) is 4.74 Å². The van der Waals surface area contributed by atoms with E-state index in [0.717, 1.165) is 17.7 Å². The quantitative estimate of drug-likeness (QED) is 0.296. The van der Waals surface area contributed by atoms with Crippen LogP contribution in [0.25, 0.3) is 0 Å². The number of anilines is 1. The molecule has 0 saturated carbocycles. The molecule has 1 radical (unpaired) electrons. The van der Waals surface area contributed by atoms with Crippen LogP contribution in [0.15, 0.2) is 36.4 Å². The zero-order chi connectivity index (χ0) is 37.2. The number of aromatic hydroxyl groups is 1. The van der Waals surface area contributed by atoms with E-state index in [1.54, 1.807) is 35.8 Å². The molecule has 4 amide bonds. The van der Waals surface area contributed by atoms with Crippen LogP contribution in [-0.2, 0) is 32.0 Å². The van der Waals surface area contributed by atoms with Crippen molar-refractivity contribution >= 4 is 35.7 Å². The first-order valence-corrected chi connectivity index (χ1v) is 18.3. The fourth-order valence-electron chi connectivity index (χ4n) is 8.37. The van der Waals surface area contributed by atoms with Crippen molar-refractivity contribution in [1.82, 2.24) is 19.6 Å². The summed E-state index contributed by atoms with van der Waals surface area (Å²) in [4.78, 5) is 71.9. The number of phenols is 1. The van der Waals surface area contributed by atoms with Crippen LogP contribution in [0.5, 0.6) is 5.75 Å². The highest BCUT2D eigenvalue weighted by Gasteiger charge is 2.56. The second-order valence-electron chi connectivity index (χ2n) is 14.7. The van der Waals surface area contributed by atoms with Gasteiger partial charge in [-0.3, -0.25) is 9.59 Å². The van der Waals surface area contributed by atoms with Crippen LogP contribution in [0.2, 0.25) is 0 Å². The molecule has 4 aliphatic heterocycles. The van der Waals surface area contributed by atoms with Gasteiger partial charge in [-0.25, -0.2) is 14.4 Å². The lowest BCUT2D eigenvalue weighted by molar-refractivity contribution is -0.156. The molecule has 4 heterocycles. The van der Waals surface area contributed by atoms with Gasteiger partial charge in [-0.15, -0.1) is 0 Å². The van der Waals surface area contributed by atoms with Crippen LogP contribution in [0.1, 0.15) is 60.8 Å². The maximum atomic E-state index is 14.2. The number of benzene rings is 2. The number of carbonyl (C=O) groups is 5. The Morgan fingerprint density at radius 3 is 2.17 bits per heavy atom. The standard InChI is InChI=1S/C38H49N5O9/c1-24-21-26(22-25(2)32(24)44)23-31(33(45)40-19-12-38(13-20-40,35(48)49)42-16-7-28(8-17-42)34(46)47)52-37(51)41-14-10-29(11-15-41)43-18-9-27-5-3-4-6-30(27)39-36(43)50/h3-6,21-22,28-29,31,44H,7-20,23H2,1-2H3,(H,39,50)(H,46,47)(H,48,49)/q+1/t31-/m1/s1. The Hall–Kier alpha value is -4.85. The molecule has 4 N–H and O–H groups in total. The number of hydrogen-bond donors (Lipinski definition) is 4. The molecule has 2 aromatic carbocycles. The Kier molecular flexibility index (Phi) is 10.9. The number of phenolic OH excluding ortho intramolecular Hbond substituents is 1. The lowest BCUT2D eigenvalue weighted by atomic mass is 9.82. The van der Waals surface area contributed by atoms with Gasteiger partial charge >= 0.3 is 24.1 Å². The summed E-state index contributed by atoms with van der Waals surface area (Å²) in [6, 6.07) is 11.1. The monoisotopic (exact) mass is 719 g/mol. The zero-order valence-corrected chi connectivity index (χ0v) is 29.9. The second-order valence-corrected chi connectivity index (χ2v) is 14.7. The lowest BCUT2D eigenvalue weighted by Crippen LogP contribution is -2.66. The topological polar surface area (TPSA) is 183 Å². The number of amides is 4. The number of fused-ring (bicyclic) bond motifs is 1. The smallest absolute Gasteiger partial charge is 0.410 e. The number of urea groups is 1. The SMILES string of the molecule is Cc1cc(C[C@@H](OC(=O)N2CCC(N3CCc4ccccc4NC3=O)CC2)C(=O)N2CCC(C(=O)O)([N+]3CCC(C(=O)O)CC3)CC2)cc(C)c1O. The molecule has 0 bridgehead atoms. The number of nitrogens with one attached hydrogen (secondary N) is 1. The first-order valence-electron chi connectivity index (χ1n) is 18.3. The average molecular weight is 720 g/mol. The van der Waals surface area contributed by atoms with Gasteiger partial charge in [0.05, 0.1) is 5.92 Å². The molecule has 3 fully saturated rings. The Morgan fingerprint density at radius 2 is 1.56 bits per heavy atom. The first-order chi connectivity index (χ1) is 24.9. The van der Waals surface area contributed by atoms with Gasteiger partial charge in [0.1, 0.15) is 18.8 Å². The number of para-hydroxylation sites is 1. The summed E-state index contributed by atoms with van der Waals surface area (Å²) in [6.45, 7) is 5.77. The first kappa shape index (κ1) is 36.9. The average Bonchev–Trinajstić information content (AvgIpc) is 3.31. The van der Waals surface area contributed by atoms with Crippen molar-refractivity contribution in [2.24, 2.45) is 5.92 Å². The van der Waals surface area contributed by atoms with E-state index in [2.05, 4.69) is 5.32 Å². The van der Waals surface area contributed by atoms with Crippen LogP contribution >= 0.6 is 0 Å². The van der Waals surface area contributed by atoms with Gasteiger partial charge in [-0.1, -0.05) is 30.3 Å². The highest BCUT2D eigenvalue weighted by atomic mass is 16.6. The Balaban J connectivity index is 1.11. The maximum Gasteiger partial charge on any atom is 0.410 e. The fraction of sp³-hybridized carbons (Fsp3) is 0.553. The van der Waals surface area contributed by atoms with E-state index in [9.17, 15) is 39.3 Å². The minimum Gasteiger partial charge on any atom is -0.507 e. The molecule has 4 aliphatic rings. The zero-order valence-electron chi connectivity index (χ0n) is 29.9. The van der Waals surface area contributed by atoms with Crippen molar-refractivity contribution in [1.29, 1.82) is 0 Å². The number of nitrogens with zero attached hydrogens (tertiary/aromatic N) is 4. The van der Waals surface area contributed by atoms with Crippen LogP contribution in [-0.4, -0.2) is 123 Å². The minimum atomic E-state index is -1.21. The lowest BCUT2D eigenvalue weighted by Gasteiger charge is -2.41. The van der Waals surface area contributed by atoms with Gasteiger partial charge in [0.15, 0.2) is 6.10 Å². The van der Waals surface area contributed by atoms with Crippen molar-refractivity contribution in [3.63, 3.8) is 0 Å². The highest BCUT2D eigenvalue weighted by molar-refractivity contribution is 5.91. The van der Waals surface area contributed by atoms with Crippen molar-refractivity contribution in [2.45, 2.75) is 82.9 Å². The van der Waals surface area contributed by atoms with Crippen molar-refractivity contribution < 1.29 is 44.0 Å². The maximum absolute atomic E-state index is 14.2. The predicted octanol–water partition coefficient (Wildman–Crippen LogP) is 3.69. The summed E-state index contributed by atoms with van der Waals surface area (Å²) in [5.74, 6) is -2.62. The van der Waals surface area contributed by atoms with E-state index < -0.39 is 41.5 Å². The van der Waals surface area contributed by atoms with E-state index in [0.29, 0.717) is 75.1 Å². The molecule has 14 heteroatoms. The molecule has 0 aromatic heterocycles. The molecule has 279 valence electrons. The number of aryl methyl sites for hydroxylation is 2. The van der Waals surface area contributed by atoms with E-state index in [1.807, 2.05) is 34.1 Å². The molecular formula is C38H49N5O9+. The summed E-state index contributed by atoms with van der Waals surface area (Å²) in [7, 11) is 0. The number of piperidine rings is 3. The van der Waals surface area contributed by atoms with E-state index in [-0.39, 0.29) is 50.2 Å². The largest absolute Gasteiger partial charge is 0.507 e. The minimum absolute atomic E-state index is 0.0588. The van der Waals surface area contributed by atoms with Crippen LogP contribution in [0, 0.1) is 19.8 Å². The van der Waals surface area contributed by atoms with Gasteiger partial charge in [0.2, 0.25) is 5.54 Å². The van der Waals surface area contributed by atoms with Gasteiger partial charge in [0, 0.05) is 76.6 Å². The van der Waals surface area contributed by atoms with Gasteiger partial charge in [-0.2, -0.15) is 4.90 Å². The molecule has 0 unspecified atom stereocenters. The molecule has 6 rings (SSSR count). The summed E-state index contributed by atoms with van der Waals surface area (Å²) >= 11 is 0. The van der Waals surface area contributed by atoms with Crippen molar-refractivity contribution in [3.05, 3.63) is 58.7 Å². The third-order valence-corrected chi connectivity index (χ3v) is 11.5. The molecular weight excluding hydrogens is 670 g/mol. The van der Waals surface area contributed by atoms with Crippen molar-refractivity contribution in [3.8, 4) is 5.75 Å². The number of carboxylic acid groups (broad SMARTS) is 2. The molecule has 52 heavy (non-hydrogen) atoms. The third-order valence-electron chi connectivity index (χ3n) is 11.5. The summed E-state index contributed by atoms with van der Waals surface area (Å²) in [5.41, 5.74) is 2.65. The van der Waals surface area contributed by atoms with E-state index >= 15 is 0 Å². The van der Waals surface area contributed by atoms with Gasteiger partial charge in [0.25, 0.3) is 5.91 Å². The second kappa shape index (κ2) is 15.4. The van der Waals surface area contributed by atoms with Crippen LogP contribution in [0.3, 0.4) is 0 Å². The molecule has 2 aromatic rings. The normalized spacial score (nSPS) is 20.7. The number of likely N-dealkylation sites (tertiary alicyclic amines) is 3. The number of hydrogen-bond acceptors (Lipinski definition) is 8. The number of rotatable bonds is 8.